The number of halogens is 1. The fourth-order valence-electron chi connectivity index (χ4n) is 0.994. The summed E-state index contributed by atoms with van der Waals surface area (Å²) in [5.74, 6) is 0. The van der Waals surface area contributed by atoms with Gasteiger partial charge in [-0.2, -0.15) is 5.10 Å². The Bertz CT molecular complexity index is 353. The van der Waals surface area contributed by atoms with E-state index in [1.807, 2.05) is 23.1 Å². The van der Waals surface area contributed by atoms with Crippen LogP contribution < -0.4 is 0 Å². The van der Waals surface area contributed by atoms with E-state index in [0.29, 0.717) is 0 Å². The van der Waals surface area contributed by atoms with Gasteiger partial charge in [0.25, 0.3) is 0 Å². The maximum Gasteiger partial charge on any atom is 0.0953 e. The molecule has 12 heavy (non-hydrogen) atoms. The number of hydrogen-bond donors (Lipinski definition) is 0. The van der Waals surface area contributed by atoms with Gasteiger partial charge in [0.05, 0.1) is 28.8 Å². The summed E-state index contributed by atoms with van der Waals surface area (Å²) in [5.41, 5.74) is 1.13. The van der Waals surface area contributed by atoms with Crippen LogP contribution in [0.5, 0.6) is 0 Å². The predicted molar refractivity (Wildman–Crippen MR) is 52.8 cm³/mol. The largest absolute Gasteiger partial charge is 0.472 e. The van der Waals surface area contributed by atoms with Crippen LogP contribution in [-0.4, -0.2) is 9.78 Å². The highest BCUT2D eigenvalue weighted by molar-refractivity contribution is 14.1. The average Bonchev–Trinajstić information content (AvgIpc) is 2.63. The summed E-state index contributed by atoms with van der Waals surface area (Å²) in [6, 6.07) is 1.94. The van der Waals surface area contributed by atoms with Gasteiger partial charge in [0.2, 0.25) is 0 Å². The molecule has 0 aromatic carbocycles. The Morgan fingerprint density at radius 2 is 2.50 bits per heavy atom. The normalized spacial score (nSPS) is 10.4. The molecular weight excluding hydrogens is 267 g/mol. The summed E-state index contributed by atoms with van der Waals surface area (Å²) in [5, 5.41) is 4.16. The second-order valence-electron chi connectivity index (χ2n) is 2.49. The van der Waals surface area contributed by atoms with Crippen molar-refractivity contribution in [2.24, 2.45) is 0 Å². The van der Waals surface area contributed by atoms with E-state index in [4.69, 9.17) is 4.42 Å². The fraction of sp³-hybridized carbons (Fsp3) is 0.125. The van der Waals surface area contributed by atoms with Gasteiger partial charge in [-0.15, -0.1) is 0 Å². The van der Waals surface area contributed by atoms with E-state index in [1.54, 1.807) is 12.5 Å². The topological polar surface area (TPSA) is 31.0 Å². The first-order chi connectivity index (χ1) is 5.84. The number of hydrogen-bond acceptors (Lipinski definition) is 2. The van der Waals surface area contributed by atoms with E-state index in [9.17, 15) is 0 Å². The van der Waals surface area contributed by atoms with Gasteiger partial charge in [0.15, 0.2) is 0 Å². The highest BCUT2D eigenvalue weighted by Gasteiger charge is 1.97. The molecule has 2 aromatic heterocycles. The van der Waals surface area contributed by atoms with Gasteiger partial charge < -0.3 is 4.42 Å². The zero-order valence-electron chi connectivity index (χ0n) is 6.27. The van der Waals surface area contributed by atoms with Gasteiger partial charge in [0.1, 0.15) is 0 Å². The molecule has 4 heteroatoms. The number of aromatic nitrogens is 2. The van der Waals surface area contributed by atoms with Crippen molar-refractivity contribution in [1.82, 2.24) is 9.78 Å². The van der Waals surface area contributed by atoms with Gasteiger partial charge in [-0.1, -0.05) is 0 Å². The maximum atomic E-state index is 4.95. The number of furan rings is 1. The van der Waals surface area contributed by atoms with Crippen molar-refractivity contribution in [2.45, 2.75) is 6.54 Å². The SMILES string of the molecule is Ic1cnn(Cc2ccoc2)c1. The smallest absolute Gasteiger partial charge is 0.0953 e. The quantitative estimate of drug-likeness (QED) is 0.785. The lowest BCUT2D eigenvalue weighted by Gasteiger charge is -1.95. The zero-order chi connectivity index (χ0) is 8.39. The first-order valence-electron chi connectivity index (χ1n) is 3.53. The summed E-state index contributed by atoms with van der Waals surface area (Å²) in [7, 11) is 0. The number of nitrogens with zero attached hydrogens (tertiary/aromatic N) is 2. The van der Waals surface area contributed by atoms with Crippen molar-refractivity contribution in [2.75, 3.05) is 0 Å². The molecule has 3 nitrogen and oxygen atoms in total. The minimum atomic E-state index is 0.777. The summed E-state index contributed by atoms with van der Waals surface area (Å²) in [4.78, 5) is 0. The van der Waals surface area contributed by atoms with E-state index in [1.165, 1.54) is 0 Å². The summed E-state index contributed by atoms with van der Waals surface area (Å²) < 4.78 is 7.98. The molecule has 0 bridgehead atoms. The van der Waals surface area contributed by atoms with Gasteiger partial charge >= 0.3 is 0 Å². The lowest BCUT2D eigenvalue weighted by Crippen LogP contribution is -1.97. The molecule has 62 valence electrons. The highest BCUT2D eigenvalue weighted by Crippen LogP contribution is 2.05. The Morgan fingerprint density at radius 3 is 3.08 bits per heavy atom. The Labute approximate surface area is 83.5 Å². The van der Waals surface area contributed by atoms with Crippen LogP contribution >= 0.6 is 22.6 Å². The van der Waals surface area contributed by atoms with Crippen molar-refractivity contribution in [3.05, 3.63) is 40.1 Å². The molecule has 2 aromatic rings. The van der Waals surface area contributed by atoms with E-state index >= 15 is 0 Å². The molecule has 0 spiro atoms. The van der Waals surface area contributed by atoms with E-state index in [2.05, 4.69) is 27.7 Å². The van der Waals surface area contributed by atoms with E-state index in [0.717, 1.165) is 15.7 Å². The molecule has 0 aliphatic carbocycles. The maximum absolute atomic E-state index is 4.95. The first kappa shape index (κ1) is 7.85. The summed E-state index contributed by atoms with van der Waals surface area (Å²) in [6.07, 6.45) is 7.23. The van der Waals surface area contributed by atoms with Gasteiger partial charge in [-0.25, -0.2) is 0 Å². The standard InChI is InChI=1S/C8H7IN2O/c9-8-3-10-11(5-8)4-7-1-2-12-6-7/h1-3,5-6H,4H2. The summed E-state index contributed by atoms with van der Waals surface area (Å²) in [6.45, 7) is 0.777. The molecule has 0 saturated carbocycles. The van der Waals surface area contributed by atoms with Crippen LogP contribution in [0.4, 0.5) is 0 Å². The number of rotatable bonds is 2. The monoisotopic (exact) mass is 274 g/mol. The van der Waals surface area contributed by atoms with Crippen molar-refractivity contribution in [3.8, 4) is 0 Å². The van der Waals surface area contributed by atoms with Crippen molar-refractivity contribution in [1.29, 1.82) is 0 Å². The highest BCUT2D eigenvalue weighted by atomic mass is 127. The van der Waals surface area contributed by atoms with Gasteiger partial charge in [-0.3, -0.25) is 4.68 Å². The van der Waals surface area contributed by atoms with Crippen molar-refractivity contribution >= 4 is 22.6 Å². The molecule has 2 heterocycles. The molecule has 0 saturated heterocycles. The Kier molecular flexibility index (Phi) is 2.16. The van der Waals surface area contributed by atoms with E-state index < -0.39 is 0 Å². The lowest BCUT2D eigenvalue weighted by molar-refractivity contribution is 0.559. The average molecular weight is 274 g/mol. The zero-order valence-corrected chi connectivity index (χ0v) is 8.43. The second kappa shape index (κ2) is 3.30. The molecule has 0 unspecified atom stereocenters. The minimum Gasteiger partial charge on any atom is -0.472 e. The van der Waals surface area contributed by atoms with Crippen LogP contribution in [0.3, 0.4) is 0 Å². The Hall–Kier alpha value is -0.780. The first-order valence-corrected chi connectivity index (χ1v) is 4.61. The van der Waals surface area contributed by atoms with Crippen LogP contribution in [0, 0.1) is 3.57 Å². The van der Waals surface area contributed by atoms with E-state index in [-0.39, 0.29) is 0 Å². The molecule has 0 aliphatic rings. The minimum absolute atomic E-state index is 0.777. The van der Waals surface area contributed by atoms with Gasteiger partial charge in [-0.05, 0) is 28.7 Å². The van der Waals surface area contributed by atoms with Crippen molar-refractivity contribution in [3.63, 3.8) is 0 Å². The molecule has 0 radical (unpaired) electrons. The molecule has 2 rings (SSSR count). The molecule has 0 N–H and O–H groups in total. The summed E-state index contributed by atoms with van der Waals surface area (Å²) >= 11 is 2.24. The Morgan fingerprint density at radius 1 is 1.58 bits per heavy atom. The molecule has 0 amide bonds. The fourth-order valence-corrected chi connectivity index (χ4v) is 1.44. The molecule has 0 atom stereocenters. The van der Waals surface area contributed by atoms with Crippen LogP contribution in [0.25, 0.3) is 0 Å². The third-order valence-corrected chi connectivity index (χ3v) is 2.08. The van der Waals surface area contributed by atoms with Crippen LogP contribution in [0.15, 0.2) is 35.4 Å². The molecular formula is C8H7IN2O. The third-order valence-electron chi connectivity index (χ3n) is 1.53. The predicted octanol–water partition coefficient (Wildman–Crippen LogP) is 2.13. The van der Waals surface area contributed by atoms with Gasteiger partial charge in [0, 0.05) is 11.8 Å². The van der Waals surface area contributed by atoms with Crippen molar-refractivity contribution < 1.29 is 4.42 Å². The van der Waals surface area contributed by atoms with Crippen LogP contribution in [0.2, 0.25) is 0 Å². The molecule has 0 aliphatic heterocycles. The Balaban J connectivity index is 2.14. The van der Waals surface area contributed by atoms with Crippen LogP contribution in [0.1, 0.15) is 5.56 Å². The molecule has 0 fully saturated rings. The third kappa shape index (κ3) is 1.69. The lowest BCUT2D eigenvalue weighted by atomic mass is 10.3. The van der Waals surface area contributed by atoms with Crippen LogP contribution in [-0.2, 0) is 6.54 Å². The second-order valence-corrected chi connectivity index (χ2v) is 3.73.